The number of nitrogens with zero attached hydrogens (tertiary/aromatic N) is 1. The Labute approximate surface area is 110 Å². The Kier molecular flexibility index (Phi) is 3.43. The van der Waals surface area contributed by atoms with Crippen LogP contribution in [0.2, 0.25) is 5.15 Å². The number of aliphatic carboxylic acids is 1. The number of halogens is 1. The van der Waals surface area contributed by atoms with Crippen molar-refractivity contribution in [3.63, 3.8) is 0 Å². The van der Waals surface area contributed by atoms with E-state index in [1.807, 2.05) is 36.6 Å². The molecule has 2 aromatic rings. The largest absolute Gasteiger partial charge is 0.478 e. The first-order valence-corrected chi connectivity index (χ1v) is 6.11. The van der Waals surface area contributed by atoms with Crippen LogP contribution in [0.3, 0.4) is 0 Å². The first-order valence-electron chi connectivity index (χ1n) is 5.74. The van der Waals surface area contributed by atoms with E-state index < -0.39 is 5.97 Å². The molecule has 0 saturated carbocycles. The summed E-state index contributed by atoms with van der Waals surface area (Å²) < 4.78 is 1.97. The van der Waals surface area contributed by atoms with Gasteiger partial charge in [0.2, 0.25) is 0 Å². The molecule has 4 heteroatoms. The van der Waals surface area contributed by atoms with Gasteiger partial charge >= 0.3 is 5.97 Å². The van der Waals surface area contributed by atoms with Crippen molar-refractivity contribution < 1.29 is 9.90 Å². The molecule has 0 amide bonds. The van der Waals surface area contributed by atoms with Crippen LogP contribution < -0.4 is 0 Å². The monoisotopic (exact) mass is 263 g/mol. The summed E-state index contributed by atoms with van der Waals surface area (Å²) in [5.41, 5.74) is 2.91. The fourth-order valence-electron chi connectivity index (χ4n) is 2.09. The maximum Gasteiger partial charge on any atom is 0.328 e. The van der Waals surface area contributed by atoms with Gasteiger partial charge in [0.25, 0.3) is 0 Å². The molecule has 1 aromatic heterocycles. The number of carbonyl (C=O) groups is 1. The number of aromatic nitrogens is 1. The lowest BCUT2D eigenvalue weighted by molar-refractivity contribution is -0.131. The Morgan fingerprint density at radius 1 is 1.50 bits per heavy atom. The van der Waals surface area contributed by atoms with E-state index in [1.165, 1.54) is 0 Å². The standard InChI is InChI=1S/C14H14ClNO2/c1-3-16-12-6-4-9(2)8-11(12)10(14(16)15)5-7-13(17)18/h4-8H,3H2,1-2H3,(H,17,18)/b7-5+. The Bertz CT molecular complexity index is 641. The Hall–Kier alpha value is -1.74. The van der Waals surface area contributed by atoms with Gasteiger partial charge < -0.3 is 9.67 Å². The smallest absolute Gasteiger partial charge is 0.328 e. The fraction of sp³-hybridized carbons (Fsp3) is 0.214. The second-order valence-corrected chi connectivity index (χ2v) is 4.50. The van der Waals surface area contributed by atoms with Gasteiger partial charge in [-0.2, -0.15) is 0 Å². The predicted molar refractivity (Wildman–Crippen MR) is 74.0 cm³/mol. The van der Waals surface area contributed by atoms with Gasteiger partial charge in [-0.1, -0.05) is 23.2 Å². The minimum Gasteiger partial charge on any atom is -0.478 e. The molecule has 0 spiro atoms. The first kappa shape index (κ1) is 12.7. The van der Waals surface area contributed by atoms with E-state index in [0.717, 1.165) is 34.7 Å². The molecule has 0 aliphatic heterocycles. The van der Waals surface area contributed by atoms with Crippen molar-refractivity contribution in [3.8, 4) is 0 Å². The quantitative estimate of drug-likeness (QED) is 0.858. The van der Waals surface area contributed by atoms with Crippen LogP contribution in [0.1, 0.15) is 18.1 Å². The third-order valence-electron chi connectivity index (χ3n) is 2.90. The highest BCUT2D eigenvalue weighted by Gasteiger charge is 2.12. The highest BCUT2D eigenvalue weighted by Crippen LogP contribution is 2.31. The minimum atomic E-state index is -0.976. The molecule has 0 aliphatic carbocycles. The lowest BCUT2D eigenvalue weighted by atomic mass is 10.1. The molecule has 94 valence electrons. The molecule has 1 aromatic carbocycles. The van der Waals surface area contributed by atoms with E-state index in [1.54, 1.807) is 6.08 Å². The molecule has 1 heterocycles. The number of fused-ring (bicyclic) bond motifs is 1. The number of aryl methyl sites for hydroxylation is 2. The third-order valence-corrected chi connectivity index (χ3v) is 3.31. The molecule has 0 atom stereocenters. The summed E-state index contributed by atoms with van der Waals surface area (Å²) >= 11 is 6.31. The molecule has 3 nitrogen and oxygen atoms in total. The van der Waals surface area contributed by atoms with E-state index in [-0.39, 0.29) is 0 Å². The van der Waals surface area contributed by atoms with E-state index in [0.29, 0.717) is 5.15 Å². The topological polar surface area (TPSA) is 42.2 Å². The van der Waals surface area contributed by atoms with Gasteiger partial charge in [-0.15, -0.1) is 0 Å². The maximum absolute atomic E-state index is 10.6. The summed E-state index contributed by atoms with van der Waals surface area (Å²) in [6.07, 6.45) is 2.67. The van der Waals surface area contributed by atoms with Crippen molar-refractivity contribution in [2.75, 3.05) is 0 Å². The van der Waals surface area contributed by atoms with Crippen LogP contribution in [0.4, 0.5) is 0 Å². The molecular weight excluding hydrogens is 250 g/mol. The second kappa shape index (κ2) is 4.86. The second-order valence-electron chi connectivity index (χ2n) is 4.14. The van der Waals surface area contributed by atoms with Crippen molar-refractivity contribution in [2.24, 2.45) is 0 Å². The van der Waals surface area contributed by atoms with Crippen LogP contribution >= 0.6 is 11.6 Å². The van der Waals surface area contributed by atoms with Gasteiger partial charge in [0.15, 0.2) is 0 Å². The number of hydrogen-bond acceptors (Lipinski definition) is 1. The maximum atomic E-state index is 10.6. The number of hydrogen-bond donors (Lipinski definition) is 1. The zero-order valence-electron chi connectivity index (χ0n) is 10.3. The van der Waals surface area contributed by atoms with Gasteiger partial charge in [0, 0.05) is 29.1 Å². The Morgan fingerprint density at radius 3 is 2.83 bits per heavy atom. The van der Waals surface area contributed by atoms with Crippen molar-refractivity contribution >= 4 is 34.5 Å². The SMILES string of the molecule is CCn1c(Cl)c(/C=C/C(=O)O)c2cc(C)ccc21. The molecule has 0 aliphatic rings. The zero-order chi connectivity index (χ0) is 13.3. The van der Waals surface area contributed by atoms with Crippen molar-refractivity contribution in [1.29, 1.82) is 0 Å². The van der Waals surface area contributed by atoms with Crippen LogP contribution in [0.15, 0.2) is 24.3 Å². The van der Waals surface area contributed by atoms with Crippen LogP contribution in [-0.2, 0) is 11.3 Å². The summed E-state index contributed by atoms with van der Waals surface area (Å²) in [6, 6.07) is 6.06. The summed E-state index contributed by atoms with van der Waals surface area (Å²) in [7, 11) is 0. The Balaban J connectivity index is 2.74. The van der Waals surface area contributed by atoms with Gasteiger partial charge in [0.1, 0.15) is 5.15 Å². The van der Waals surface area contributed by atoms with Gasteiger partial charge in [-0.3, -0.25) is 0 Å². The zero-order valence-corrected chi connectivity index (χ0v) is 11.0. The molecule has 1 N–H and O–H groups in total. The van der Waals surface area contributed by atoms with Gasteiger partial charge in [-0.05, 0) is 32.1 Å². The van der Waals surface area contributed by atoms with Crippen LogP contribution in [0.5, 0.6) is 0 Å². The fourth-order valence-corrected chi connectivity index (χ4v) is 2.46. The van der Waals surface area contributed by atoms with Crippen LogP contribution in [0.25, 0.3) is 17.0 Å². The molecule has 0 saturated heterocycles. The summed E-state index contributed by atoms with van der Waals surface area (Å²) in [5, 5.41) is 10.3. The van der Waals surface area contributed by atoms with Gasteiger partial charge in [0.05, 0.1) is 0 Å². The minimum absolute atomic E-state index is 0.579. The van der Waals surface area contributed by atoms with Crippen molar-refractivity contribution in [1.82, 2.24) is 4.57 Å². The summed E-state index contributed by atoms with van der Waals surface area (Å²) in [6.45, 7) is 4.76. The lowest BCUT2D eigenvalue weighted by Gasteiger charge is -2.01. The van der Waals surface area contributed by atoms with Crippen LogP contribution in [0, 0.1) is 6.92 Å². The van der Waals surface area contributed by atoms with Crippen molar-refractivity contribution in [3.05, 3.63) is 40.6 Å². The molecule has 0 bridgehead atoms. The number of carboxylic acid groups (broad SMARTS) is 1. The van der Waals surface area contributed by atoms with E-state index in [9.17, 15) is 4.79 Å². The predicted octanol–water partition coefficient (Wildman–Crippen LogP) is 3.72. The number of benzene rings is 1. The normalized spacial score (nSPS) is 11.5. The molecular formula is C14H14ClNO2. The highest BCUT2D eigenvalue weighted by atomic mass is 35.5. The molecule has 0 unspecified atom stereocenters. The number of rotatable bonds is 3. The summed E-state index contributed by atoms with van der Waals surface area (Å²) in [4.78, 5) is 10.6. The van der Waals surface area contributed by atoms with Crippen LogP contribution in [-0.4, -0.2) is 15.6 Å². The third kappa shape index (κ3) is 2.14. The molecule has 0 radical (unpaired) electrons. The average molecular weight is 264 g/mol. The highest BCUT2D eigenvalue weighted by molar-refractivity contribution is 6.33. The Morgan fingerprint density at radius 2 is 2.22 bits per heavy atom. The molecule has 18 heavy (non-hydrogen) atoms. The van der Waals surface area contributed by atoms with Crippen molar-refractivity contribution in [2.45, 2.75) is 20.4 Å². The van der Waals surface area contributed by atoms with E-state index >= 15 is 0 Å². The molecule has 0 fully saturated rings. The van der Waals surface area contributed by atoms with E-state index in [4.69, 9.17) is 16.7 Å². The summed E-state index contributed by atoms with van der Waals surface area (Å²) in [5.74, 6) is -0.976. The number of carboxylic acids is 1. The first-order chi connectivity index (χ1) is 8.54. The lowest BCUT2D eigenvalue weighted by Crippen LogP contribution is -1.93. The van der Waals surface area contributed by atoms with E-state index in [2.05, 4.69) is 0 Å². The van der Waals surface area contributed by atoms with Gasteiger partial charge in [-0.25, -0.2) is 4.79 Å². The average Bonchev–Trinajstić information content (AvgIpc) is 2.57. The molecule has 2 rings (SSSR count).